The average molecular weight is 467 g/mol. The quantitative estimate of drug-likeness (QED) is 0.414. The number of aliphatic carboxylic acids is 1. The van der Waals surface area contributed by atoms with Crippen molar-refractivity contribution in [3.63, 3.8) is 0 Å². The fourth-order valence-corrected chi connectivity index (χ4v) is 3.41. The second-order valence-corrected chi connectivity index (χ2v) is 7.80. The third-order valence-electron chi connectivity index (χ3n) is 5.50. The van der Waals surface area contributed by atoms with Crippen LogP contribution in [0.3, 0.4) is 0 Å². The number of nitrogens with one attached hydrogen (secondary N) is 3. The Bertz CT molecular complexity index is 1200. The number of ether oxygens (including phenoxy) is 1. The van der Waals surface area contributed by atoms with Gasteiger partial charge >= 0.3 is 12.0 Å². The van der Waals surface area contributed by atoms with Gasteiger partial charge in [0.05, 0.1) is 19.6 Å². The lowest BCUT2D eigenvalue weighted by Gasteiger charge is -2.24. The number of carboxylic acid groups (broad SMARTS) is 1. The summed E-state index contributed by atoms with van der Waals surface area (Å²) in [7, 11) is 1.48. The molecule has 1 aliphatic heterocycles. The van der Waals surface area contributed by atoms with E-state index in [0.717, 1.165) is 0 Å². The summed E-state index contributed by atoms with van der Waals surface area (Å²) in [6.07, 6.45) is 4.38. The molecule has 2 heterocycles. The first-order valence-corrected chi connectivity index (χ1v) is 10.4. The van der Waals surface area contributed by atoms with Gasteiger partial charge in [-0.25, -0.2) is 4.79 Å². The van der Waals surface area contributed by atoms with Crippen LogP contribution in [0.2, 0.25) is 0 Å². The molecule has 34 heavy (non-hydrogen) atoms. The van der Waals surface area contributed by atoms with E-state index >= 15 is 0 Å². The molecule has 0 spiro atoms. The fraction of sp³-hybridized carbons (Fsp3) is 0.250. The monoisotopic (exact) mass is 467 g/mol. The first-order valence-electron chi connectivity index (χ1n) is 10.4. The van der Waals surface area contributed by atoms with E-state index in [9.17, 15) is 19.2 Å². The van der Waals surface area contributed by atoms with Gasteiger partial charge in [0, 0.05) is 11.1 Å². The number of carbonyl (C=O) groups is 4. The van der Waals surface area contributed by atoms with Crippen molar-refractivity contribution >= 4 is 36.0 Å². The molecular formula is C24H25N3O7. The van der Waals surface area contributed by atoms with Gasteiger partial charge < -0.3 is 24.9 Å². The van der Waals surface area contributed by atoms with E-state index in [-0.39, 0.29) is 18.1 Å². The molecule has 0 aliphatic carbocycles. The van der Waals surface area contributed by atoms with Crippen molar-refractivity contribution in [2.75, 3.05) is 13.7 Å². The highest BCUT2D eigenvalue weighted by Gasteiger charge is 2.51. The molecule has 0 saturated carbocycles. The van der Waals surface area contributed by atoms with E-state index < -0.39 is 35.3 Å². The van der Waals surface area contributed by atoms with Gasteiger partial charge in [-0.1, -0.05) is 24.8 Å². The number of aryl methyl sites for hydroxylation is 1. The summed E-state index contributed by atoms with van der Waals surface area (Å²) in [5.74, 6) is -2.14. The molecule has 178 valence electrons. The molecule has 1 aliphatic rings. The molecule has 4 amide bonds. The molecule has 0 bridgehead atoms. The number of hydrogen-bond donors (Lipinski definition) is 4. The minimum Gasteiger partial charge on any atom is -0.497 e. The molecule has 1 aromatic heterocycles. The summed E-state index contributed by atoms with van der Waals surface area (Å²) in [4.78, 5) is 48.9. The summed E-state index contributed by atoms with van der Waals surface area (Å²) in [6, 6.07) is 5.77. The van der Waals surface area contributed by atoms with Crippen LogP contribution < -0.4 is 20.7 Å². The number of imide groups is 1. The van der Waals surface area contributed by atoms with Crippen molar-refractivity contribution in [2.24, 2.45) is 5.92 Å². The summed E-state index contributed by atoms with van der Waals surface area (Å²) >= 11 is 0. The van der Waals surface area contributed by atoms with Crippen LogP contribution in [-0.4, -0.2) is 42.6 Å². The van der Waals surface area contributed by atoms with E-state index in [1.165, 1.54) is 38.3 Å². The lowest BCUT2D eigenvalue weighted by Crippen LogP contribution is -2.52. The van der Waals surface area contributed by atoms with Crippen LogP contribution >= 0.6 is 0 Å². The lowest BCUT2D eigenvalue weighted by molar-refractivity contribution is -0.139. The highest BCUT2D eigenvalue weighted by Crippen LogP contribution is 2.31. The zero-order valence-electron chi connectivity index (χ0n) is 18.9. The summed E-state index contributed by atoms with van der Waals surface area (Å²) in [5.41, 5.74) is -0.223. The maximum atomic E-state index is 12.9. The predicted octanol–water partition coefficient (Wildman–Crippen LogP) is 2.44. The zero-order valence-corrected chi connectivity index (χ0v) is 18.9. The minimum absolute atomic E-state index is 0.0519. The number of amides is 4. The Kier molecular flexibility index (Phi) is 6.90. The molecular weight excluding hydrogens is 442 g/mol. The number of furan rings is 1. The second-order valence-electron chi connectivity index (χ2n) is 7.80. The van der Waals surface area contributed by atoms with Crippen LogP contribution in [0.5, 0.6) is 5.75 Å². The lowest BCUT2D eigenvalue weighted by atomic mass is 9.95. The molecule has 2 atom stereocenters. The van der Waals surface area contributed by atoms with E-state index in [4.69, 9.17) is 14.3 Å². The smallest absolute Gasteiger partial charge is 0.322 e. The van der Waals surface area contributed by atoms with Gasteiger partial charge in [0.1, 0.15) is 17.3 Å². The van der Waals surface area contributed by atoms with Gasteiger partial charge in [-0.2, -0.15) is 0 Å². The number of methoxy groups -OCH3 is 1. The number of benzene rings is 1. The van der Waals surface area contributed by atoms with E-state index in [1.54, 1.807) is 25.1 Å². The van der Waals surface area contributed by atoms with Crippen LogP contribution in [-0.2, 0) is 15.1 Å². The van der Waals surface area contributed by atoms with Crippen molar-refractivity contribution in [3.05, 3.63) is 65.1 Å². The van der Waals surface area contributed by atoms with Crippen molar-refractivity contribution in [2.45, 2.75) is 19.4 Å². The largest absolute Gasteiger partial charge is 0.497 e. The van der Waals surface area contributed by atoms with Crippen LogP contribution in [0.25, 0.3) is 12.2 Å². The van der Waals surface area contributed by atoms with Crippen molar-refractivity contribution in [1.82, 2.24) is 16.0 Å². The van der Waals surface area contributed by atoms with Gasteiger partial charge in [0.15, 0.2) is 5.54 Å². The Morgan fingerprint density at radius 1 is 1.32 bits per heavy atom. The number of carboxylic acids is 1. The predicted molar refractivity (Wildman–Crippen MR) is 123 cm³/mol. The molecule has 10 heteroatoms. The number of rotatable bonds is 9. The standard InChI is InChI=1S/C24H25N3O7/c1-5-18-15(8-6-14(3)21(29)30)10-19(34-18)24(22(31)26-23(32)27-24)12-25-20(28)17-11-16(33-4)9-7-13(17)2/h5-11,14H,1,12H2,2-4H3,(H,25,28)(H,29,30)(H2,26,27,31,32)/b8-6-/t14?,24-/m0/s1. The Balaban J connectivity index is 1.94. The molecule has 10 nitrogen and oxygen atoms in total. The highest BCUT2D eigenvalue weighted by atomic mass is 16.5. The van der Waals surface area contributed by atoms with Crippen molar-refractivity contribution in [3.8, 4) is 5.75 Å². The Labute approximate surface area is 195 Å². The Morgan fingerprint density at radius 2 is 2.06 bits per heavy atom. The van der Waals surface area contributed by atoms with E-state index in [1.807, 2.05) is 0 Å². The molecule has 4 N–H and O–H groups in total. The molecule has 3 rings (SSSR count). The van der Waals surface area contributed by atoms with Crippen molar-refractivity contribution in [1.29, 1.82) is 0 Å². The van der Waals surface area contributed by atoms with Crippen LogP contribution in [0.1, 0.15) is 39.9 Å². The maximum absolute atomic E-state index is 12.9. The number of carbonyl (C=O) groups excluding carboxylic acids is 3. The van der Waals surface area contributed by atoms with Gasteiger partial charge in [-0.15, -0.1) is 0 Å². The number of urea groups is 1. The number of hydrogen-bond acceptors (Lipinski definition) is 6. The van der Waals surface area contributed by atoms with Crippen LogP contribution in [0.15, 0.2) is 41.3 Å². The topological polar surface area (TPSA) is 147 Å². The normalized spacial score (nSPS) is 18.3. The first-order chi connectivity index (χ1) is 16.1. The van der Waals surface area contributed by atoms with E-state index in [2.05, 4.69) is 22.5 Å². The maximum Gasteiger partial charge on any atom is 0.322 e. The SMILES string of the molecule is C=Cc1oc([C@]2(CNC(=O)c3cc(OC)ccc3C)NC(=O)NC2=O)cc1/C=C\C(C)C(=O)O. The van der Waals surface area contributed by atoms with Crippen LogP contribution in [0, 0.1) is 12.8 Å². The van der Waals surface area contributed by atoms with Crippen LogP contribution in [0.4, 0.5) is 4.79 Å². The van der Waals surface area contributed by atoms with Gasteiger partial charge in [0.25, 0.3) is 11.8 Å². The fourth-order valence-electron chi connectivity index (χ4n) is 3.41. The minimum atomic E-state index is -1.72. The summed E-state index contributed by atoms with van der Waals surface area (Å²) < 4.78 is 11.0. The molecule has 2 aromatic rings. The molecule has 1 aromatic carbocycles. The zero-order chi connectivity index (χ0) is 25.0. The van der Waals surface area contributed by atoms with Gasteiger partial charge in [-0.05, 0) is 43.7 Å². The van der Waals surface area contributed by atoms with E-state index in [0.29, 0.717) is 22.4 Å². The molecule has 1 saturated heterocycles. The molecule has 1 fully saturated rings. The second kappa shape index (κ2) is 9.65. The summed E-state index contributed by atoms with van der Waals surface area (Å²) in [6.45, 7) is 6.64. The Hall–Kier alpha value is -4.34. The summed E-state index contributed by atoms with van der Waals surface area (Å²) in [5, 5.41) is 16.5. The average Bonchev–Trinajstić information content (AvgIpc) is 3.36. The third-order valence-corrected chi connectivity index (χ3v) is 5.50. The van der Waals surface area contributed by atoms with Gasteiger partial charge in [-0.3, -0.25) is 19.7 Å². The molecule has 0 radical (unpaired) electrons. The Morgan fingerprint density at radius 3 is 2.65 bits per heavy atom. The highest BCUT2D eigenvalue weighted by molar-refractivity contribution is 6.08. The molecule has 1 unspecified atom stereocenters. The van der Waals surface area contributed by atoms with Crippen molar-refractivity contribution < 1.29 is 33.4 Å². The third kappa shape index (κ3) is 4.70. The van der Waals surface area contributed by atoms with Gasteiger partial charge in [0.2, 0.25) is 0 Å². The first kappa shape index (κ1) is 24.3.